The highest BCUT2D eigenvalue weighted by molar-refractivity contribution is 5.95. The summed E-state index contributed by atoms with van der Waals surface area (Å²) in [4.78, 5) is 25.9. The van der Waals surface area contributed by atoms with Crippen molar-refractivity contribution >= 4 is 17.5 Å². The van der Waals surface area contributed by atoms with Crippen LogP contribution in [0.4, 0.5) is 18.9 Å². The second-order valence-corrected chi connectivity index (χ2v) is 6.75. The van der Waals surface area contributed by atoms with Crippen molar-refractivity contribution < 1.29 is 22.8 Å². The van der Waals surface area contributed by atoms with Crippen molar-refractivity contribution in [1.82, 2.24) is 5.32 Å². The van der Waals surface area contributed by atoms with Crippen LogP contribution in [0.2, 0.25) is 0 Å². The topological polar surface area (TPSA) is 49.4 Å². The molecule has 0 unspecified atom stereocenters. The van der Waals surface area contributed by atoms with Crippen LogP contribution in [0.15, 0.2) is 36.4 Å². The molecule has 1 N–H and O–H groups in total. The minimum atomic E-state index is -4.44. The third kappa shape index (κ3) is 5.12. The Kier molecular flexibility index (Phi) is 6.48. The third-order valence-corrected chi connectivity index (χ3v) is 4.38. The van der Waals surface area contributed by atoms with Crippen LogP contribution in [0, 0.1) is 20.8 Å². The molecule has 2 aromatic carbocycles. The summed E-state index contributed by atoms with van der Waals surface area (Å²) in [5, 5.41) is 2.65. The summed E-state index contributed by atoms with van der Waals surface area (Å²) >= 11 is 0. The summed E-state index contributed by atoms with van der Waals surface area (Å²) in [5.41, 5.74) is 3.14. The third-order valence-electron chi connectivity index (χ3n) is 4.38. The number of nitrogens with zero attached hydrogens (tertiary/aromatic N) is 1. The summed E-state index contributed by atoms with van der Waals surface area (Å²) in [7, 11) is 0. The van der Waals surface area contributed by atoms with Gasteiger partial charge in [0.15, 0.2) is 0 Å². The first-order valence-electron chi connectivity index (χ1n) is 8.82. The molecule has 0 saturated heterocycles. The number of nitrogens with one attached hydrogen (secondary N) is 1. The van der Waals surface area contributed by atoms with Gasteiger partial charge in [0.2, 0.25) is 5.91 Å². The van der Waals surface area contributed by atoms with Crippen LogP contribution >= 0.6 is 0 Å². The van der Waals surface area contributed by atoms with Crippen molar-refractivity contribution in [3.8, 4) is 0 Å². The number of halogens is 3. The Balaban J connectivity index is 2.06. The van der Waals surface area contributed by atoms with Crippen molar-refractivity contribution in [2.75, 3.05) is 18.0 Å². The van der Waals surface area contributed by atoms with Gasteiger partial charge in [-0.15, -0.1) is 0 Å². The van der Waals surface area contributed by atoms with Crippen LogP contribution in [-0.2, 0) is 11.0 Å². The van der Waals surface area contributed by atoms with Crippen molar-refractivity contribution in [2.24, 2.45) is 0 Å². The number of hydrogen-bond acceptors (Lipinski definition) is 2. The van der Waals surface area contributed by atoms with E-state index in [-0.39, 0.29) is 24.6 Å². The highest BCUT2D eigenvalue weighted by Crippen LogP contribution is 2.29. The Morgan fingerprint density at radius 2 is 1.54 bits per heavy atom. The van der Waals surface area contributed by atoms with Gasteiger partial charge >= 0.3 is 6.18 Å². The molecule has 0 aromatic heterocycles. The van der Waals surface area contributed by atoms with Crippen molar-refractivity contribution in [2.45, 2.75) is 33.9 Å². The number of carbonyl (C=O) groups excluding carboxylic acids is 2. The second kappa shape index (κ2) is 8.46. The van der Waals surface area contributed by atoms with Crippen LogP contribution in [-0.4, -0.2) is 24.9 Å². The Labute approximate surface area is 162 Å². The quantitative estimate of drug-likeness (QED) is 0.819. The number of rotatable bonds is 5. The molecule has 0 heterocycles. The zero-order valence-electron chi connectivity index (χ0n) is 16.3. The van der Waals surface area contributed by atoms with E-state index in [4.69, 9.17) is 0 Å². The Morgan fingerprint density at radius 1 is 1.00 bits per heavy atom. The molecule has 2 rings (SSSR count). The highest BCUT2D eigenvalue weighted by atomic mass is 19.4. The average molecular weight is 392 g/mol. The fourth-order valence-corrected chi connectivity index (χ4v) is 3.22. The lowest BCUT2D eigenvalue weighted by atomic mass is 10.0. The standard InChI is InChI=1S/C21H23F3N2O2/c1-13-11-14(2)19(15(3)12-13)26(16(4)27)10-9-25-20(28)17-5-7-18(8-6-17)21(22,23)24/h5-8,11-12H,9-10H2,1-4H3,(H,25,28). The lowest BCUT2D eigenvalue weighted by molar-refractivity contribution is -0.137. The summed E-state index contributed by atoms with van der Waals surface area (Å²) in [6.07, 6.45) is -4.44. The van der Waals surface area contributed by atoms with E-state index in [0.29, 0.717) is 0 Å². The first kappa shape index (κ1) is 21.5. The largest absolute Gasteiger partial charge is 0.416 e. The summed E-state index contributed by atoms with van der Waals surface area (Å²) in [6, 6.07) is 7.98. The van der Waals surface area contributed by atoms with E-state index < -0.39 is 17.6 Å². The molecule has 150 valence electrons. The van der Waals surface area contributed by atoms with Gasteiger partial charge < -0.3 is 10.2 Å². The monoisotopic (exact) mass is 392 g/mol. The van der Waals surface area contributed by atoms with Gasteiger partial charge in [0.25, 0.3) is 5.91 Å². The molecule has 0 atom stereocenters. The van der Waals surface area contributed by atoms with Gasteiger partial charge in [-0.3, -0.25) is 9.59 Å². The molecule has 0 radical (unpaired) electrons. The predicted octanol–water partition coefficient (Wildman–Crippen LogP) is 4.41. The number of alkyl halides is 3. The molecule has 7 heteroatoms. The van der Waals surface area contributed by atoms with E-state index in [1.54, 1.807) is 4.90 Å². The zero-order chi connectivity index (χ0) is 21.1. The maximum absolute atomic E-state index is 12.6. The number of hydrogen-bond donors (Lipinski definition) is 1. The second-order valence-electron chi connectivity index (χ2n) is 6.75. The Hall–Kier alpha value is -2.83. The Bertz CT molecular complexity index is 851. The number of aryl methyl sites for hydroxylation is 3. The first-order chi connectivity index (χ1) is 13.0. The lowest BCUT2D eigenvalue weighted by Crippen LogP contribution is -2.38. The average Bonchev–Trinajstić information content (AvgIpc) is 2.58. The maximum atomic E-state index is 12.6. The molecule has 0 fully saturated rings. The molecular weight excluding hydrogens is 369 g/mol. The van der Waals surface area contributed by atoms with Crippen LogP contribution in [0.5, 0.6) is 0 Å². The van der Waals surface area contributed by atoms with E-state index in [2.05, 4.69) is 5.32 Å². The van der Waals surface area contributed by atoms with Gasteiger partial charge in [-0.05, 0) is 56.2 Å². The van der Waals surface area contributed by atoms with Gasteiger partial charge in [-0.25, -0.2) is 0 Å². The molecule has 0 aliphatic carbocycles. The van der Waals surface area contributed by atoms with E-state index >= 15 is 0 Å². The molecule has 0 aliphatic heterocycles. The van der Waals surface area contributed by atoms with Crippen molar-refractivity contribution in [3.63, 3.8) is 0 Å². The van der Waals surface area contributed by atoms with Gasteiger partial charge in [0, 0.05) is 31.3 Å². The van der Waals surface area contributed by atoms with Crippen LogP contribution in [0.3, 0.4) is 0 Å². The zero-order valence-corrected chi connectivity index (χ0v) is 16.3. The molecule has 28 heavy (non-hydrogen) atoms. The lowest BCUT2D eigenvalue weighted by Gasteiger charge is -2.25. The predicted molar refractivity (Wildman–Crippen MR) is 102 cm³/mol. The minimum Gasteiger partial charge on any atom is -0.350 e. The molecule has 2 aromatic rings. The van der Waals surface area contributed by atoms with Gasteiger partial charge in [0.05, 0.1) is 5.56 Å². The Morgan fingerprint density at radius 3 is 2.00 bits per heavy atom. The number of benzene rings is 2. The number of anilines is 1. The highest BCUT2D eigenvalue weighted by Gasteiger charge is 2.30. The minimum absolute atomic E-state index is 0.130. The van der Waals surface area contributed by atoms with Crippen LogP contribution in [0.1, 0.15) is 39.5 Å². The van der Waals surface area contributed by atoms with Gasteiger partial charge in [0.1, 0.15) is 0 Å². The smallest absolute Gasteiger partial charge is 0.350 e. The number of carbonyl (C=O) groups is 2. The van der Waals surface area contributed by atoms with Crippen LogP contribution in [0.25, 0.3) is 0 Å². The maximum Gasteiger partial charge on any atom is 0.416 e. The fourth-order valence-electron chi connectivity index (χ4n) is 3.22. The summed E-state index contributed by atoms with van der Waals surface area (Å²) in [6.45, 7) is 7.71. The number of amides is 2. The van der Waals surface area contributed by atoms with E-state index in [9.17, 15) is 22.8 Å². The molecule has 0 bridgehead atoms. The fraction of sp³-hybridized carbons (Fsp3) is 0.333. The molecule has 0 saturated carbocycles. The summed E-state index contributed by atoms with van der Waals surface area (Å²) in [5.74, 6) is -0.645. The van der Waals surface area contributed by atoms with E-state index in [1.807, 2.05) is 32.9 Å². The molecule has 4 nitrogen and oxygen atoms in total. The molecule has 0 aliphatic rings. The first-order valence-corrected chi connectivity index (χ1v) is 8.82. The molecule has 0 spiro atoms. The summed E-state index contributed by atoms with van der Waals surface area (Å²) < 4.78 is 37.8. The molecule has 2 amide bonds. The van der Waals surface area contributed by atoms with Crippen molar-refractivity contribution in [3.05, 3.63) is 64.2 Å². The van der Waals surface area contributed by atoms with E-state index in [1.165, 1.54) is 6.92 Å². The SMILES string of the molecule is CC(=O)N(CCNC(=O)c1ccc(C(F)(F)F)cc1)c1c(C)cc(C)cc1C. The van der Waals surface area contributed by atoms with Crippen LogP contribution < -0.4 is 10.2 Å². The molecular formula is C21H23F3N2O2. The van der Waals surface area contributed by atoms with Gasteiger partial charge in [-0.1, -0.05) is 17.7 Å². The van der Waals surface area contributed by atoms with Gasteiger partial charge in [-0.2, -0.15) is 13.2 Å². The van der Waals surface area contributed by atoms with E-state index in [0.717, 1.165) is 46.6 Å². The van der Waals surface area contributed by atoms with Crippen molar-refractivity contribution in [1.29, 1.82) is 0 Å². The normalized spacial score (nSPS) is 11.2.